The lowest BCUT2D eigenvalue weighted by Crippen LogP contribution is -2.41. The van der Waals surface area contributed by atoms with E-state index in [-0.39, 0.29) is 13.0 Å². The van der Waals surface area contributed by atoms with Crippen LogP contribution in [0.15, 0.2) is 48.5 Å². The quantitative estimate of drug-likeness (QED) is 0.948. The summed E-state index contributed by atoms with van der Waals surface area (Å²) in [6.45, 7) is 0.245. The number of halogens is 1. The van der Waals surface area contributed by atoms with Gasteiger partial charge in [0.15, 0.2) is 5.60 Å². The van der Waals surface area contributed by atoms with E-state index >= 15 is 0 Å². The summed E-state index contributed by atoms with van der Waals surface area (Å²) in [6, 6.07) is 15.7. The van der Waals surface area contributed by atoms with Crippen LogP contribution in [0.25, 0.3) is 0 Å². The number of para-hydroxylation sites is 1. The summed E-state index contributed by atoms with van der Waals surface area (Å²) in [5, 5.41) is 20.4. The van der Waals surface area contributed by atoms with Crippen LogP contribution in [0.2, 0.25) is 5.02 Å². The minimum atomic E-state index is -1.77. The molecule has 0 spiro atoms. The highest BCUT2D eigenvalue weighted by molar-refractivity contribution is 6.30. The second-order valence-electron chi connectivity index (χ2n) is 5.10. The summed E-state index contributed by atoms with van der Waals surface area (Å²) in [5.41, 5.74) is -0.195. The van der Waals surface area contributed by atoms with Crippen LogP contribution in [-0.4, -0.2) is 17.6 Å². The topological polar surface area (TPSA) is 64.3 Å². The predicted molar refractivity (Wildman–Crippen MR) is 83.5 cm³/mol. The lowest BCUT2D eigenvalue weighted by Gasteiger charge is -2.23. The average molecular weight is 313 g/mol. The van der Waals surface area contributed by atoms with Gasteiger partial charge in [-0.2, -0.15) is 5.26 Å². The van der Waals surface area contributed by atoms with Gasteiger partial charge in [0.25, 0.3) is 5.91 Å². The maximum Gasteiger partial charge on any atom is 0.268 e. The zero-order valence-corrected chi connectivity index (χ0v) is 12.4. The number of carbonyl (C=O) groups is 1. The number of rotatable bonds is 3. The molecule has 3 rings (SSSR count). The SMILES string of the molecule is N#CCCN1C(=O)C(O)(c2cccc(Cl)c2)c2ccccc21. The van der Waals surface area contributed by atoms with Gasteiger partial charge in [0, 0.05) is 17.1 Å². The van der Waals surface area contributed by atoms with Crippen LogP contribution in [-0.2, 0) is 10.4 Å². The van der Waals surface area contributed by atoms with E-state index < -0.39 is 11.5 Å². The van der Waals surface area contributed by atoms with Gasteiger partial charge in [-0.1, -0.05) is 41.9 Å². The molecular weight excluding hydrogens is 300 g/mol. The van der Waals surface area contributed by atoms with Gasteiger partial charge < -0.3 is 10.0 Å². The number of anilines is 1. The highest BCUT2D eigenvalue weighted by atomic mass is 35.5. The molecule has 1 N–H and O–H groups in total. The Labute approximate surface area is 133 Å². The molecule has 0 saturated carbocycles. The number of amides is 1. The van der Waals surface area contributed by atoms with Gasteiger partial charge in [0.05, 0.1) is 18.2 Å². The summed E-state index contributed by atoms with van der Waals surface area (Å²) in [6.07, 6.45) is 0.200. The summed E-state index contributed by atoms with van der Waals surface area (Å²) in [7, 11) is 0. The normalized spacial score (nSPS) is 19.9. The second kappa shape index (κ2) is 5.45. The van der Waals surface area contributed by atoms with Crippen molar-refractivity contribution in [3.8, 4) is 6.07 Å². The third-order valence-electron chi connectivity index (χ3n) is 3.83. The molecular formula is C17H13ClN2O2. The summed E-state index contributed by atoms with van der Waals surface area (Å²) in [4.78, 5) is 14.3. The van der Waals surface area contributed by atoms with Gasteiger partial charge in [0.1, 0.15) is 0 Å². The summed E-state index contributed by atoms with van der Waals surface area (Å²) >= 11 is 6.00. The van der Waals surface area contributed by atoms with Crippen LogP contribution in [0.5, 0.6) is 0 Å². The zero-order valence-electron chi connectivity index (χ0n) is 11.7. The molecule has 0 aliphatic carbocycles. The molecule has 1 aliphatic heterocycles. The number of nitriles is 1. The molecule has 1 amide bonds. The third kappa shape index (κ3) is 2.07. The average Bonchev–Trinajstić information content (AvgIpc) is 2.75. The second-order valence-corrected chi connectivity index (χ2v) is 5.54. The summed E-state index contributed by atoms with van der Waals surface area (Å²) in [5.74, 6) is -0.453. The van der Waals surface area contributed by atoms with E-state index in [4.69, 9.17) is 16.9 Å². The fraction of sp³-hybridized carbons (Fsp3) is 0.176. The Kier molecular flexibility index (Phi) is 3.61. The smallest absolute Gasteiger partial charge is 0.268 e. The molecule has 1 heterocycles. The van der Waals surface area contributed by atoms with Gasteiger partial charge in [-0.3, -0.25) is 4.79 Å². The Morgan fingerprint density at radius 3 is 2.73 bits per heavy atom. The number of carbonyl (C=O) groups excluding carboxylic acids is 1. The number of aliphatic hydroxyl groups is 1. The van der Waals surface area contributed by atoms with Crippen molar-refractivity contribution in [3.05, 3.63) is 64.7 Å². The van der Waals surface area contributed by atoms with Crippen LogP contribution in [0.4, 0.5) is 5.69 Å². The van der Waals surface area contributed by atoms with Gasteiger partial charge in [-0.15, -0.1) is 0 Å². The Hall–Kier alpha value is -2.35. The van der Waals surface area contributed by atoms with Crippen molar-refractivity contribution in [2.24, 2.45) is 0 Å². The zero-order chi connectivity index (χ0) is 15.7. The third-order valence-corrected chi connectivity index (χ3v) is 4.06. The van der Waals surface area contributed by atoms with E-state index in [0.29, 0.717) is 21.8 Å². The Bertz CT molecular complexity index is 784. The number of hydrogen-bond donors (Lipinski definition) is 1. The molecule has 1 aliphatic rings. The first-order valence-electron chi connectivity index (χ1n) is 6.86. The van der Waals surface area contributed by atoms with Crippen LogP contribution < -0.4 is 4.90 Å². The van der Waals surface area contributed by atoms with Gasteiger partial charge in [-0.25, -0.2) is 0 Å². The van der Waals surface area contributed by atoms with Crippen molar-refractivity contribution in [3.63, 3.8) is 0 Å². The molecule has 22 heavy (non-hydrogen) atoms. The first-order valence-corrected chi connectivity index (χ1v) is 7.23. The molecule has 0 bridgehead atoms. The van der Waals surface area contributed by atoms with Crippen molar-refractivity contribution >= 4 is 23.2 Å². The van der Waals surface area contributed by atoms with Crippen molar-refractivity contribution in [1.82, 2.24) is 0 Å². The monoisotopic (exact) mass is 312 g/mol. The molecule has 5 heteroatoms. The van der Waals surface area contributed by atoms with E-state index in [1.807, 2.05) is 6.07 Å². The number of benzene rings is 2. The Balaban J connectivity index is 2.16. The van der Waals surface area contributed by atoms with Crippen molar-refractivity contribution in [2.45, 2.75) is 12.0 Å². The fourth-order valence-corrected chi connectivity index (χ4v) is 3.00. The minimum Gasteiger partial charge on any atom is -0.372 e. The van der Waals surface area contributed by atoms with E-state index in [0.717, 1.165) is 0 Å². The van der Waals surface area contributed by atoms with Crippen molar-refractivity contribution in [2.75, 3.05) is 11.4 Å². The lowest BCUT2D eigenvalue weighted by atomic mass is 9.87. The Morgan fingerprint density at radius 1 is 1.23 bits per heavy atom. The molecule has 1 unspecified atom stereocenters. The standard InChI is InChI=1S/C17H13ClN2O2/c18-13-6-3-5-12(11-13)17(22)14-7-1-2-8-15(14)20(16(17)21)10-4-9-19/h1-3,5-8,11,22H,4,10H2. The van der Waals surface area contributed by atoms with Crippen LogP contribution in [0, 0.1) is 11.3 Å². The van der Waals surface area contributed by atoms with Gasteiger partial charge in [0.2, 0.25) is 0 Å². The maximum atomic E-state index is 12.8. The maximum absolute atomic E-state index is 12.8. The molecule has 2 aromatic carbocycles. The Morgan fingerprint density at radius 2 is 2.00 bits per heavy atom. The van der Waals surface area contributed by atoms with Gasteiger partial charge >= 0.3 is 0 Å². The lowest BCUT2D eigenvalue weighted by molar-refractivity contribution is -0.132. The molecule has 1 atom stereocenters. The number of fused-ring (bicyclic) bond motifs is 1. The molecule has 2 aromatic rings. The number of nitrogens with zero attached hydrogens (tertiary/aromatic N) is 2. The van der Waals surface area contributed by atoms with Crippen molar-refractivity contribution in [1.29, 1.82) is 5.26 Å². The highest BCUT2D eigenvalue weighted by Crippen LogP contribution is 2.44. The van der Waals surface area contributed by atoms with Crippen molar-refractivity contribution < 1.29 is 9.90 Å². The van der Waals surface area contributed by atoms with E-state index in [2.05, 4.69) is 0 Å². The van der Waals surface area contributed by atoms with Crippen LogP contribution >= 0.6 is 11.6 Å². The van der Waals surface area contributed by atoms with E-state index in [1.54, 1.807) is 48.5 Å². The largest absolute Gasteiger partial charge is 0.372 e. The molecule has 110 valence electrons. The highest BCUT2D eigenvalue weighted by Gasteiger charge is 2.50. The molecule has 0 saturated heterocycles. The van der Waals surface area contributed by atoms with Crippen LogP contribution in [0.1, 0.15) is 17.5 Å². The minimum absolute atomic E-state index is 0.200. The molecule has 0 aromatic heterocycles. The molecule has 0 fully saturated rings. The fourth-order valence-electron chi connectivity index (χ4n) is 2.81. The molecule has 0 radical (unpaired) electrons. The van der Waals surface area contributed by atoms with Crippen LogP contribution in [0.3, 0.4) is 0 Å². The molecule has 4 nitrogen and oxygen atoms in total. The first kappa shape index (κ1) is 14.6. The number of hydrogen-bond acceptors (Lipinski definition) is 3. The van der Waals surface area contributed by atoms with Gasteiger partial charge in [-0.05, 0) is 23.8 Å². The summed E-state index contributed by atoms with van der Waals surface area (Å²) < 4.78 is 0. The van der Waals surface area contributed by atoms with E-state index in [9.17, 15) is 9.90 Å². The first-order chi connectivity index (χ1) is 10.6. The van der Waals surface area contributed by atoms with E-state index in [1.165, 1.54) is 4.90 Å². The predicted octanol–water partition coefficient (Wildman–Crippen LogP) is 2.84.